The summed E-state index contributed by atoms with van der Waals surface area (Å²) in [7, 11) is 0. The second kappa shape index (κ2) is 6.30. The monoisotopic (exact) mass is 385 g/mol. The highest BCUT2D eigenvalue weighted by Gasteiger charge is 2.42. The molecule has 2 heterocycles. The van der Waals surface area contributed by atoms with Crippen LogP contribution < -0.4 is 0 Å². The fourth-order valence-corrected chi connectivity index (χ4v) is 4.34. The van der Waals surface area contributed by atoms with E-state index < -0.39 is 11.6 Å². The summed E-state index contributed by atoms with van der Waals surface area (Å²) in [5.41, 5.74) is 4.96. The summed E-state index contributed by atoms with van der Waals surface area (Å²) in [6.45, 7) is 4.03. The van der Waals surface area contributed by atoms with Crippen LogP contribution in [0.4, 0.5) is 0 Å². The first kappa shape index (κ1) is 17.7. The van der Waals surface area contributed by atoms with E-state index in [0.29, 0.717) is 65.4 Å². The van der Waals surface area contributed by atoms with Crippen LogP contribution in [0, 0.1) is 13.8 Å². The van der Waals surface area contributed by atoms with Gasteiger partial charge in [-0.1, -0.05) is 30.3 Å². The van der Waals surface area contributed by atoms with Crippen LogP contribution in [0.3, 0.4) is 0 Å². The summed E-state index contributed by atoms with van der Waals surface area (Å²) < 4.78 is 1.88. The lowest BCUT2D eigenvalue weighted by Gasteiger charge is -2.19. The molecular formula is C23H19N3O3. The van der Waals surface area contributed by atoms with Gasteiger partial charge in [-0.3, -0.25) is 14.4 Å². The van der Waals surface area contributed by atoms with E-state index in [4.69, 9.17) is 0 Å². The molecule has 6 heteroatoms. The number of hydrogen-bond acceptors (Lipinski definition) is 5. The van der Waals surface area contributed by atoms with Crippen LogP contribution >= 0.6 is 0 Å². The molecule has 2 aliphatic rings. The molecule has 0 fully saturated rings. The molecule has 0 saturated heterocycles. The minimum Gasteiger partial charge on any atom is -0.331 e. The van der Waals surface area contributed by atoms with Gasteiger partial charge >= 0.3 is 0 Å². The van der Waals surface area contributed by atoms with E-state index in [0.717, 1.165) is 5.56 Å². The lowest BCUT2D eigenvalue weighted by atomic mass is 9.87. The molecule has 1 aromatic carbocycles. The van der Waals surface area contributed by atoms with E-state index in [9.17, 15) is 14.4 Å². The zero-order chi connectivity index (χ0) is 20.3. The average molecular weight is 385 g/mol. The molecule has 0 atom stereocenters. The largest absolute Gasteiger partial charge is 0.331 e. The lowest BCUT2D eigenvalue weighted by Crippen LogP contribution is -2.25. The van der Waals surface area contributed by atoms with Crippen molar-refractivity contribution < 1.29 is 14.4 Å². The third-order valence-corrected chi connectivity index (χ3v) is 5.82. The molecule has 0 unspecified atom stereocenters. The zero-order valence-electron chi connectivity index (χ0n) is 16.3. The molecule has 0 spiro atoms. The van der Waals surface area contributed by atoms with E-state index >= 15 is 0 Å². The average Bonchev–Trinajstić information content (AvgIpc) is 3.04. The Kier molecular flexibility index (Phi) is 3.84. The van der Waals surface area contributed by atoms with Gasteiger partial charge in [0.1, 0.15) is 11.4 Å². The quantitative estimate of drug-likeness (QED) is 0.631. The zero-order valence-corrected chi connectivity index (χ0v) is 16.3. The second-order valence-corrected chi connectivity index (χ2v) is 7.65. The predicted molar refractivity (Wildman–Crippen MR) is 106 cm³/mol. The Morgan fingerprint density at radius 2 is 1.55 bits per heavy atom. The Morgan fingerprint density at radius 1 is 0.862 bits per heavy atom. The maximum Gasteiger partial charge on any atom is 0.254 e. The van der Waals surface area contributed by atoms with Gasteiger partial charge in [0, 0.05) is 13.0 Å². The maximum atomic E-state index is 13.1. The molecular weight excluding hydrogens is 366 g/mol. The van der Waals surface area contributed by atoms with E-state index in [1.165, 1.54) is 0 Å². The van der Waals surface area contributed by atoms with Crippen molar-refractivity contribution in [1.82, 2.24) is 14.5 Å². The van der Waals surface area contributed by atoms with Crippen LogP contribution in [0.15, 0.2) is 30.3 Å². The van der Waals surface area contributed by atoms with E-state index in [2.05, 4.69) is 9.97 Å². The van der Waals surface area contributed by atoms with Crippen molar-refractivity contribution in [1.29, 1.82) is 0 Å². The first-order valence-corrected chi connectivity index (χ1v) is 9.74. The maximum absolute atomic E-state index is 13.1. The van der Waals surface area contributed by atoms with Crippen LogP contribution in [0.2, 0.25) is 0 Å². The fraction of sp³-hybridized carbons (Fsp3) is 0.261. The molecule has 2 aliphatic carbocycles. The number of aryl methyl sites for hydroxylation is 2. The summed E-state index contributed by atoms with van der Waals surface area (Å²) in [6, 6.07) is 9.78. The summed E-state index contributed by atoms with van der Waals surface area (Å²) in [4.78, 5) is 47.8. The van der Waals surface area contributed by atoms with Gasteiger partial charge in [-0.2, -0.15) is 0 Å². The normalized spacial score (nSPS) is 15.2. The van der Waals surface area contributed by atoms with Crippen molar-refractivity contribution in [3.8, 4) is 11.4 Å². The van der Waals surface area contributed by atoms with E-state index in [-0.39, 0.29) is 11.5 Å². The minimum atomic E-state index is -0.638. The molecule has 0 N–H and O–H groups in total. The summed E-state index contributed by atoms with van der Waals surface area (Å²) >= 11 is 0. The summed E-state index contributed by atoms with van der Waals surface area (Å²) in [5.74, 6) is -1.21. The molecule has 0 saturated carbocycles. The van der Waals surface area contributed by atoms with Crippen molar-refractivity contribution >= 4 is 17.3 Å². The Labute approximate surface area is 167 Å². The van der Waals surface area contributed by atoms with Gasteiger partial charge in [0.15, 0.2) is 5.78 Å². The number of fused-ring (bicyclic) bond motifs is 5. The molecule has 2 aromatic heterocycles. The third-order valence-electron chi connectivity index (χ3n) is 5.82. The predicted octanol–water partition coefficient (Wildman–Crippen LogP) is 3.51. The van der Waals surface area contributed by atoms with Gasteiger partial charge in [0.05, 0.1) is 28.3 Å². The Bertz CT molecular complexity index is 1220. The van der Waals surface area contributed by atoms with Crippen molar-refractivity contribution in [3.05, 3.63) is 69.8 Å². The van der Waals surface area contributed by atoms with Gasteiger partial charge in [0.25, 0.3) is 5.78 Å². The third kappa shape index (κ3) is 2.52. The molecule has 0 bridgehead atoms. The van der Waals surface area contributed by atoms with Crippen LogP contribution in [0.1, 0.15) is 66.7 Å². The number of nitrogens with zero attached hydrogens (tertiary/aromatic N) is 3. The van der Waals surface area contributed by atoms with Crippen LogP contribution in [-0.4, -0.2) is 31.9 Å². The van der Waals surface area contributed by atoms with Crippen molar-refractivity contribution in [3.63, 3.8) is 0 Å². The number of hydrogen-bond donors (Lipinski definition) is 0. The Hall–Kier alpha value is -3.41. The number of rotatable bonds is 2. The van der Waals surface area contributed by atoms with Gasteiger partial charge in [0.2, 0.25) is 5.78 Å². The number of benzene rings is 1. The number of aromatic nitrogens is 3. The number of Topliss-reactive ketones (excluding diaryl/α,β-unsaturated/α-hetero) is 3. The van der Waals surface area contributed by atoms with Gasteiger partial charge in [-0.05, 0) is 37.8 Å². The molecule has 0 aliphatic heterocycles. The smallest absolute Gasteiger partial charge is 0.254 e. The van der Waals surface area contributed by atoms with Crippen LogP contribution in [0.5, 0.6) is 0 Å². The van der Waals surface area contributed by atoms with Crippen LogP contribution in [-0.2, 0) is 13.0 Å². The van der Waals surface area contributed by atoms with Crippen LogP contribution in [0.25, 0.3) is 11.4 Å². The van der Waals surface area contributed by atoms with Crippen molar-refractivity contribution in [2.75, 3.05) is 0 Å². The highest BCUT2D eigenvalue weighted by Crippen LogP contribution is 2.40. The minimum absolute atomic E-state index is 0.00942. The van der Waals surface area contributed by atoms with Crippen molar-refractivity contribution in [2.45, 2.75) is 39.7 Å². The number of ketones is 3. The first-order chi connectivity index (χ1) is 14.0. The molecule has 0 amide bonds. The molecule has 29 heavy (non-hydrogen) atoms. The second-order valence-electron chi connectivity index (χ2n) is 7.65. The van der Waals surface area contributed by atoms with Gasteiger partial charge in [-0.25, -0.2) is 9.97 Å². The topological polar surface area (TPSA) is 81.9 Å². The molecule has 0 radical (unpaired) electrons. The number of carbonyl (C=O) groups excluding carboxylic acids is 3. The standard InChI is InChI=1S/C23H19N3O3/c1-12-13(2)25-19-18(24-12)21-17(22(28)23(19)29)15-9-6-10-16(27)20(15)26(21)11-14-7-4-3-5-8-14/h3-5,7-8H,6,9-11H2,1-2H3. The number of carbonyl (C=O) groups is 3. The summed E-state index contributed by atoms with van der Waals surface area (Å²) in [6.07, 6.45) is 1.73. The fourth-order valence-electron chi connectivity index (χ4n) is 4.34. The summed E-state index contributed by atoms with van der Waals surface area (Å²) in [5, 5.41) is 0. The lowest BCUT2D eigenvalue weighted by molar-refractivity contribution is 0.0811. The van der Waals surface area contributed by atoms with Crippen molar-refractivity contribution in [2.24, 2.45) is 0 Å². The van der Waals surface area contributed by atoms with E-state index in [1.807, 2.05) is 41.8 Å². The molecule has 5 rings (SSSR count). The highest BCUT2D eigenvalue weighted by molar-refractivity contribution is 6.52. The Morgan fingerprint density at radius 3 is 2.28 bits per heavy atom. The van der Waals surface area contributed by atoms with Gasteiger partial charge < -0.3 is 4.57 Å². The van der Waals surface area contributed by atoms with Gasteiger partial charge in [-0.15, -0.1) is 0 Å². The SMILES string of the molecule is Cc1nc2c(nc1C)-c1c(c3c(n1Cc1ccccc1)C(=O)CCC3)C(=O)C2=O. The Balaban J connectivity index is 1.86. The first-order valence-electron chi connectivity index (χ1n) is 9.74. The highest BCUT2D eigenvalue weighted by atomic mass is 16.2. The molecule has 6 nitrogen and oxygen atoms in total. The molecule has 144 valence electrons. The van der Waals surface area contributed by atoms with E-state index in [1.54, 1.807) is 6.92 Å². The molecule has 3 aromatic rings.